The lowest BCUT2D eigenvalue weighted by atomic mass is 9.49. The van der Waals surface area contributed by atoms with E-state index in [9.17, 15) is 14.4 Å². The largest absolute Gasteiger partial charge is 0.481 e. The third-order valence-corrected chi connectivity index (χ3v) is 7.00. The summed E-state index contributed by atoms with van der Waals surface area (Å²) in [6.07, 6.45) is 9.21. The third kappa shape index (κ3) is 3.53. The molecule has 0 unspecified atom stereocenters. The third-order valence-electron chi connectivity index (χ3n) is 7.00. The Balaban J connectivity index is 1.20. The van der Waals surface area contributed by atoms with E-state index < -0.39 is 5.97 Å². The standard InChI is InChI=1S/C19H28N2O4/c22-16(20-10-17(23)21-15-4-14(5-15)18(24)25)9-19-6-11-1-12(7-19)3-13(2-11)8-19/h11-15H,1-10H2,(H,20,22)(H,21,23)(H,24,25). The SMILES string of the molecule is O=C(CC12CC3CC(CC(C3)C1)C2)NCC(=O)NC1CC(C(=O)O)C1. The van der Waals surface area contributed by atoms with Gasteiger partial charge in [0, 0.05) is 12.5 Å². The lowest BCUT2D eigenvalue weighted by Gasteiger charge is -2.56. The Hall–Kier alpha value is -1.59. The zero-order valence-corrected chi connectivity index (χ0v) is 14.6. The van der Waals surface area contributed by atoms with Crippen molar-refractivity contribution in [2.24, 2.45) is 29.1 Å². The second kappa shape index (κ2) is 6.29. The molecule has 5 rings (SSSR count). The molecule has 25 heavy (non-hydrogen) atoms. The van der Waals surface area contributed by atoms with Gasteiger partial charge in [0.1, 0.15) is 0 Å². The van der Waals surface area contributed by atoms with Gasteiger partial charge in [0.05, 0.1) is 12.5 Å². The van der Waals surface area contributed by atoms with Gasteiger partial charge in [-0.05, 0) is 74.5 Å². The fraction of sp³-hybridized carbons (Fsp3) is 0.842. The van der Waals surface area contributed by atoms with Crippen LogP contribution in [0.3, 0.4) is 0 Å². The second-order valence-corrected chi connectivity index (χ2v) is 9.14. The number of carbonyl (C=O) groups excluding carboxylic acids is 2. The van der Waals surface area contributed by atoms with Crippen molar-refractivity contribution in [2.75, 3.05) is 6.54 Å². The maximum Gasteiger partial charge on any atom is 0.306 e. The molecule has 6 heteroatoms. The Morgan fingerprint density at radius 2 is 1.44 bits per heavy atom. The average molecular weight is 348 g/mol. The molecule has 0 heterocycles. The highest BCUT2D eigenvalue weighted by molar-refractivity contribution is 5.85. The Morgan fingerprint density at radius 3 is 1.96 bits per heavy atom. The number of carboxylic acids is 1. The van der Waals surface area contributed by atoms with Crippen LogP contribution in [0.5, 0.6) is 0 Å². The maximum absolute atomic E-state index is 12.4. The van der Waals surface area contributed by atoms with E-state index in [4.69, 9.17) is 5.11 Å². The van der Waals surface area contributed by atoms with E-state index in [1.54, 1.807) is 0 Å². The van der Waals surface area contributed by atoms with Gasteiger partial charge in [-0.1, -0.05) is 0 Å². The van der Waals surface area contributed by atoms with E-state index in [1.807, 2.05) is 0 Å². The molecule has 2 amide bonds. The van der Waals surface area contributed by atoms with Crippen molar-refractivity contribution in [3.63, 3.8) is 0 Å². The van der Waals surface area contributed by atoms with Gasteiger partial charge in [-0.25, -0.2) is 0 Å². The van der Waals surface area contributed by atoms with Gasteiger partial charge in [-0.2, -0.15) is 0 Å². The predicted molar refractivity (Wildman–Crippen MR) is 90.5 cm³/mol. The first-order valence-corrected chi connectivity index (χ1v) is 9.70. The molecule has 0 aliphatic heterocycles. The number of hydrogen-bond acceptors (Lipinski definition) is 3. The Kier molecular flexibility index (Phi) is 4.24. The summed E-state index contributed by atoms with van der Waals surface area (Å²) >= 11 is 0. The Bertz CT molecular complexity index is 547. The summed E-state index contributed by atoms with van der Waals surface area (Å²) in [6, 6.07) is -0.0614. The summed E-state index contributed by atoms with van der Waals surface area (Å²) in [5.41, 5.74) is 0.192. The zero-order chi connectivity index (χ0) is 17.6. The van der Waals surface area contributed by atoms with Crippen LogP contribution in [0.4, 0.5) is 0 Å². The van der Waals surface area contributed by atoms with Gasteiger partial charge in [0.2, 0.25) is 11.8 Å². The molecule has 3 N–H and O–H groups in total. The number of rotatable bonds is 6. The first-order valence-electron chi connectivity index (χ1n) is 9.70. The molecule has 0 radical (unpaired) electrons. The quantitative estimate of drug-likeness (QED) is 0.681. The fourth-order valence-electron chi connectivity index (χ4n) is 6.30. The van der Waals surface area contributed by atoms with Gasteiger partial charge < -0.3 is 15.7 Å². The minimum atomic E-state index is -0.797. The number of amides is 2. The van der Waals surface area contributed by atoms with Crippen molar-refractivity contribution in [1.29, 1.82) is 0 Å². The smallest absolute Gasteiger partial charge is 0.306 e. The lowest BCUT2D eigenvalue weighted by Crippen LogP contribution is -2.50. The van der Waals surface area contributed by atoms with E-state index >= 15 is 0 Å². The minimum absolute atomic E-state index is 0.000558. The molecule has 5 aliphatic carbocycles. The molecule has 0 spiro atoms. The van der Waals surface area contributed by atoms with Crippen molar-refractivity contribution in [3.05, 3.63) is 0 Å². The van der Waals surface area contributed by atoms with E-state index in [0.717, 1.165) is 17.8 Å². The van der Waals surface area contributed by atoms with Crippen LogP contribution in [0.2, 0.25) is 0 Å². The summed E-state index contributed by atoms with van der Waals surface area (Å²) in [7, 11) is 0. The molecule has 0 aromatic carbocycles. The van der Waals surface area contributed by atoms with Crippen molar-refractivity contribution in [2.45, 2.75) is 63.8 Å². The number of carboxylic acid groups (broad SMARTS) is 1. The Labute approximate surface area is 148 Å². The minimum Gasteiger partial charge on any atom is -0.481 e. The van der Waals surface area contributed by atoms with Crippen LogP contribution in [0.15, 0.2) is 0 Å². The van der Waals surface area contributed by atoms with Crippen molar-refractivity contribution < 1.29 is 19.5 Å². The van der Waals surface area contributed by atoms with Gasteiger partial charge >= 0.3 is 5.97 Å². The highest BCUT2D eigenvalue weighted by Gasteiger charge is 2.51. The number of nitrogens with one attached hydrogen (secondary N) is 2. The van der Waals surface area contributed by atoms with Crippen molar-refractivity contribution >= 4 is 17.8 Å². The van der Waals surface area contributed by atoms with E-state index in [-0.39, 0.29) is 35.7 Å². The first kappa shape index (κ1) is 16.9. The van der Waals surface area contributed by atoms with Crippen LogP contribution in [-0.2, 0) is 14.4 Å². The zero-order valence-electron chi connectivity index (χ0n) is 14.6. The molecule has 5 fully saturated rings. The van der Waals surface area contributed by atoms with E-state index in [0.29, 0.717) is 19.3 Å². The van der Waals surface area contributed by atoms with Crippen molar-refractivity contribution in [3.8, 4) is 0 Å². The number of carbonyl (C=O) groups is 3. The van der Waals surface area contributed by atoms with E-state index in [1.165, 1.54) is 38.5 Å². The van der Waals surface area contributed by atoms with Gasteiger partial charge in [0.15, 0.2) is 0 Å². The summed E-state index contributed by atoms with van der Waals surface area (Å²) in [5.74, 6) is 1.11. The average Bonchev–Trinajstić information content (AvgIpc) is 2.46. The molecule has 0 aromatic rings. The summed E-state index contributed by atoms with van der Waals surface area (Å²) < 4.78 is 0. The van der Waals surface area contributed by atoms with Crippen LogP contribution in [0.25, 0.3) is 0 Å². The lowest BCUT2D eigenvalue weighted by molar-refractivity contribution is -0.146. The highest BCUT2D eigenvalue weighted by atomic mass is 16.4. The molecular formula is C19H28N2O4. The van der Waals surface area contributed by atoms with Gasteiger partial charge in [-0.3, -0.25) is 14.4 Å². The first-order chi connectivity index (χ1) is 11.9. The Morgan fingerprint density at radius 1 is 0.880 bits per heavy atom. The molecule has 4 bridgehead atoms. The van der Waals surface area contributed by atoms with Gasteiger partial charge in [0.25, 0.3) is 0 Å². The second-order valence-electron chi connectivity index (χ2n) is 9.14. The van der Waals surface area contributed by atoms with Crippen LogP contribution in [-0.4, -0.2) is 35.5 Å². The number of hydrogen-bond donors (Lipinski definition) is 3. The van der Waals surface area contributed by atoms with Crippen LogP contribution in [0, 0.1) is 29.1 Å². The summed E-state index contributed by atoms with van der Waals surface area (Å²) in [6.45, 7) is -0.000558. The monoisotopic (exact) mass is 348 g/mol. The molecule has 5 saturated carbocycles. The van der Waals surface area contributed by atoms with Crippen molar-refractivity contribution in [1.82, 2.24) is 10.6 Å². The molecule has 0 atom stereocenters. The normalized spacial score (nSPS) is 41.0. The number of aliphatic carboxylic acids is 1. The molecule has 0 saturated heterocycles. The molecular weight excluding hydrogens is 320 g/mol. The summed E-state index contributed by atoms with van der Waals surface area (Å²) in [4.78, 5) is 35.1. The molecule has 138 valence electrons. The maximum atomic E-state index is 12.4. The van der Waals surface area contributed by atoms with Gasteiger partial charge in [-0.15, -0.1) is 0 Å². The topological polar surface area (TPSA) is 95.5 Å². The highest BCUT2D eigenvalue weighted by Crippen LogP contribution is 2.61. The van der Waals surface area contributed by atoms with Crippen LogP contribution < -0.4 is 10.6 Å². The van der Waals surface area contributed by atoms with E-state index in [2.05, 4.69) is 10.6 Å². The van der Waals surface area contributed by atoms with Crippen LogP contribution >= 0.6 is 0 Å². The summed E-state index contributed by atoms with van der Waals surface area (Å²) in [5, 5.41) is 14.4. The van der Waals surface area contributed by atoms with Crippen LogP contribution in [0.1, 0.15) is 57.8 Å². The molecule has 6 nitrogen and oxygen atoms in total. The predicted octanol–water partition coefficient (Wildman–Crippen LogP) is 1.69. The fourth-order valence-corrected chi connectivity index (χ4v) is 6.30. The molecule has 0 aromatic heterocycles. The molecule has 5 aliphatic rings.